The molecule has 0 aliphatic heterocycles. The third-order valence-corrected chi connectivity index (χ3v) is 3.07. The van der Waals surface area contributed by atoms with E-state index in [1.54, 1.807) is 19.3 Å². The van der Waals surface area contributed by atoms with Crippen molar-refractivity contribution in [3.05, 3.63) is 33.9 Å². The minimum absolute atomic E-state index is 0.0198. The molecule has 0 fully saturated rings. The number of methoxy groups -OCH3 is 1. The first-order valence-electron chi connectivity index (χ1n) is 5.19. The molecular weight excluding hydrogens is 240 g/mol. The first-order chi connectivity index (χ1) is 7.97. The molecule has 0 aliphatic rings. The van der Waals surface area contributed by atoms with Gasteiger partial charge >= 0.3 is 5.97 Å². The lowest BCUT2D eigenvalue weighted by atomic mass is 10.0. The van der Waals surface area contributed by atoms with Crippen LogP contribution >= 0.6 is 11.6 Å². The fourth-order valence-corrected chi connectivity index (χ4v) is 1.75. The van der Waals surface area contributed by atoms with E-state index in [2.05, 4.69) is 0 Å². The molecular formula is C13H15ClO3. The largest absolute Gasteiger partial charge is 0.496 e. The first-order valence-corrected chi connectivity index (χ1v) is 5.57. The van der Waals surface area contributed by atoms with Crippen molar-refractivity contribution in [2.45, 2.75) is 20.3 Å². The normalized spacial score (nSPS) is 10.8. The smallest absolute Gasteiger partial charge is 0.307 e. The van der Waals surface area contributed by atoms with Gasteiger partial charge in [0.25, 0.3) is 0 Å². The number of benzene rings is 1. The van der Waals surface area contributed by atoms with Gasteiger partial charge in [0, 0.05) is 10.6 Å². The predicted octanol–water partition coefficient (Wildman–Crippen LogP) is 3.45. The molecule has 17 heavy (non-hydrogen) atoms. The molecule has 0 amide bonds. The van der Waals surface area contributed by atoms with Gasteiger partial charge in [-0.3, -0.25) is 4.79 Å². The van der Waals surface area contributed by atoms with Crippen LogP contribution in [0.4, 0.5) is 0 Å². The lowest BCUT2D eigenvalue weighted by molar-refractivity contribution is -0.135. The number of hydrogen-bond acceptors (Lipinski definition) is 2. The van der Waals surface area contributed by atoms with Crippen molar-refractivity contribution in [3.8, 4) is 5.75 Å². The lowest BCUT2D eigenvalue weighted by Crippen LogP contribution is -1.94. The van der Waals surface area contributed by atoms with Gasteiger partial charge in [0.05, 0.1) is 13.5 Å². The van der Waals surface area contributed by atoms with Crippen molar-refractivity contribution in [1.82, 2.24) is 0 Å². The maximum atomic E-state index is 10.4. The second kappa shape index (κ2) is 5.73. The monoisotopic (exact) mass is 254 g/mol. The number of carbonyl (C=O) groups is 1. The fourth-order valence-electron chi connectivity index (χ4n) is 1.59. The van der Waals surface area contributed by atoms with E-state index in [4.69, 9.17) is 21.4 Å². The summed E-state index contributed by atoms with van der Waals surface area (Å²) in [5.41, 5.74) is 2.66. The summed E-state index contributed by atoms with van der Waals surface area (Å²) in [6.07, 6.45) is 3.29. The highest BCUT2D eigenvalue weighted by Gasteiger charge is 2.10. The van der Waals surface area contributed by atoms with E-state index < -0.39 is 5.97 Å². The van der Waals surface area contributed by atoms with Crippen molar-refractivity contribution in [2.24, 2.45) is 0 Å². The van der Waals surface area contributed by atoms with Crippen molar-refractivity contribution < 1.29 is 14.6 Å². The van der Waals surface area contributed by atoms with Crippen LogP contribution < -0.4 is 4.74 Å². The van der Waals surface area contributed by atoms with Gasteiger partial charge in [-0.05, 0) is 31.0 Å². The van der Waals surface area contributed by atoms with Gasteiger partial charge in [0.15, 0.2) is 0 Å². The summed E-state index contributed by atoms with van der Waals surface area (Å²) in [7, 11) is 1.58. The van der Waals surface area contributed by atoms with E-state index in [0.717, 1.165) is 16.7 Å². The number of aryl methyl sites for hydroxylation is 1. The predicted molar refractivity (Wildman–Crippen MR) is 68.8 cm³/mol. The topological polar surface area (TPSA) is 46.5 Å². The summed E-state index contributed by atoms with van der Waals surface area (Å²) < 4.78 is 5.26. The summed E-state index contributed by atoms with van der Waals surface area (Å²) in [5, 5.41) is 9.26. The summed E-state index contributed by atoms with van der Waals surface area (Å²) >= 11 is 6.15. The summed E-state index contributed by atoms with van der Waals surface area (Å²) in [4.78, 5) is 10.4. The Morgan fingerprint density at radius 1 is 1.53 bits per heavy atom. The molecule has 1 aromatic rings. The molecule has 1 N–H and O–H groups in total. The highest BCUT2D eigenvalue weighted by Crippen LogP contribution is 2.32. The summed E-state index contributed by atoms with van der Waals surface area (Å²) in [6, 6.07) is 1.84. The third-order valence-electron chi connectivity index (χ3n) is 2.49. The zero-order chi connectivity index (χ0) is 13.0. The molecule has 0 aromatic heterocycles. The second-order valence-electron chi connectivity index (χ2n) is 3.75. The molecule has 0 atom stereocenters. The van der Waals surface area contributed by atoms with Gasteiger partial charge in [-0.1, -0.05) is 23.8 Å². The van der Waals surface area contributed by atoms with E-state index in [1.165, 1.54) is 0 Å². The maximum absolute atomic E-state index is 10.4. The Kier molecular flexibility index (Phi) is 4.58. The number of carboxylic acids is 1. The van der Waals surface area contributed by atoms with Gasteiger partial charge < -0.3 is 9.84 Å². The standard InChI is InChI=1S/C13H15ClO3/c1-8-7-11(17-3)10(9(2)13(8)14)5-4-6-12(15)16/h4-5,7H,6H2,1-3H3,(H,15,16)/b5-4+. The van der Waals surface area contributed by atoms with E-state index in [1.807, 2.05) is 19.9 Å². The molecule has 0 heterocycles. The molecule has 1 rings (SSSR count). The van der Waals surface area contributed by atoms with Crippen molar-refractivity contribution in [3.63, 3.8) is 0 Å². The highest BCUT2D eigenvalue weighted by atomic mass is 35.5. The zero-order valence-electron chi connectivity index (χ0n) is 10.1. The maximum Gasteiger partial charge on any atom is 0.307 e. The molecule has 0 bridgehead atoms. The van der Waals surface area contributed by atoms with Crippen LogP contribution in [0.15, 0.2) is 12.1 Å². The number of carboxylic acid groups (broad SMARTS) is 1. The average molecular weight is 255 g/mol. The number of aliphatic carboxylic acids is 1. The van der Waals surface area contributed by atoms with Gasteiger partial charge in [-0.2, -0.15) is 0 Å². The number of rotatable bonds is 4. The Labute approximate surface area is 106 Å². The first kappa shape index (κ1) is 13.6. The van der Waals surface area contributed by atoms with Crippen LogP contribution in [0, 0.1) is 13.8 Å². The van der Waals surface area contributed by atoms with Crippen LogP contribution in [0.1, 0.15) is 23.1 Å². The van der Waals surface area contributed by atoms with Gasteiger partial charge in [0.2, 0.25) is 0 Å². The molecule has 0 aliphatic carbocycles. The van der Waals surface area contributed by atoms with Crippen LogP contribution in [0.3, 0.4) is 0 Å². The van der Waals surface area contributed by atoms with E-state index in [0.29, 0.717) is 10.8 Å². The van der Waals surface area contributed by atoms with E-state index >= 15 is 0 Å². The number of ether oxygens (including phenoxy) is 1. The van der Waals surface area contributed by atoms with Crippen LogP contribution in [-0.4, -0.2) is 18.2 Å². The van der Waals surface area contributed by atoms with Gasteiger partial charge in [0.1, 0.15) is 5.75 Å². The van der Waals surface area contributed by atoms with Crippen molar-refractivity contribution in [2.75, 3.05) is 7.11 Å². The Morgan fingerprint density at radius 3 is 2.71 bits per heavy atom. The van der Waals surface area contributed by atoms with Crippen molar-refractivity contribution >= 4 is 23.6 Å². The average Bonchev–Trinajstić information content (AvgIpc) is 2.28. The molecule has 1 aromatic carbocycles. The summed E-state index contributed by atoms with van der Waals surface area (Å²) in [6.45, 7) is 3.79. The Hall–Kier alpha value is -1.48. The van der Waals surface area contributed by atoms with Crippen molar-refractivity contribution in [1.29, 1.82) is 0 Å². The number of halogens is 1. The molecule has 4 heteroatoms. The van der Waals surface area contributed by atoms with Crippen LogP contribution in [0.2, 0.25) is 5.02 Å². The van der Waals surface area contributed by atoms with Gasteiger partial charge in [-0.15, -0.1) is 0 Å². The molecule has 92 valence electrons. The lowest BCUT2D eigenvalue weighted by Gasteiger charge is -2.12. The van der Waals surface area contributed by atoms with E-state index in [-0.39, 0.29) is 6.42 Å². The van der Waals surface area contributed by atoms with Gasteiger partial charge in [-0.25, -0.2) is 0 Å². The SMILES string of the molecule is COc1cc(C)c(Cl)c(C)c1/C=C/CC(=O)O. The quantitative estimate of drug-likeness (QED) is 0.895. The number of hydrogen-bond donors (Lipinski definition) is 1. The molecule has 3 nitrogen and oxygen atoms in total. The summed E-state index contributed by atoms with van der Waals surface area (Å²) in [5.74, 6) is -0.165. The Balaban J connectivity index is 3.17. The minimum Gasteiger partial charge on any atom is -0.496 e. The highest BCUT2D eigenvalue weighted by molar-refractivity contribution is 6.32. The fraction of sp³-hybridized carbons (Fsp3) is 0.308. The van der Waals surface area contributed by atoms with Crippen LogP contribution in [0.5, 0.6) is 5.75 Å². The van der Waals surface area contributed by atoms with Crippen LogP contribution in [-0.2, 0) is 4.79 Å². The molecule has 0 saturated carbocycles. The molecule has 0 saturated heterocycles. The zero-order valence-corrected chi connectivity index (χ0v) is 10.8. The molecule has 0 unspecified atom stereocenters. The molecule has 0 radical (unpaired) electrons. The molecule has 0 spiro atoms. The minimum atomic E-state index is -0.865. The van der Waals surface area contributed by atoms with Crippen LogP contribution in [0.25, 0.3) is 6.08 Å². The Morgan fingerprint density at radius 2 is 2.18 bits per heavy atom. The Bertz CT molecular complexity index is 464. The van der Waals surface area contributed by atoms with E-state index in [9.17, 15) is 4.79 Å². The third kappa shape index (κ3) is 3.24. The second-order valence-corrected chi connectivity index (χ2v) is 4.13.